The Bertz CT molecular complexity index is 1380. The topological polar surface area (TPSA) is 47.7 Å². The van der Waals surface area contributed by atoms with Crippen LogP contribution in [0.4, 0.5) is 0 Å². The van der Waals surface area contributed by atoms with Gasteiger partial charge in [0.1, 0.15) is 0 Å². The molecular formula is C29H26N2S. The third-order valence-electron chi connectivity index (χ3n) is 5.75. The van der Waals surface area contributed by atoms with Crippen LogP contribution in [-0.4, -0.2) is 17.7 Å². The first-order chi connectivity index (χ1) is 15.6. The van der Waals surface area contributed by atoms with E-state index in [1.165, 1.54) is 12.4 Å². The van der Waals surface area contributed by atoms with Gasteiger partial charge in [0.05, 0.1) is 0 Å². The van der Waals surface area contributed by atoms with E-state index in [4.69, 9.17) is 10.8 Å². The van der Waals surface area contributed by atoms with Crippen molar-refractivity contribution in [3.05, 3.63) is 96.1 Å². The van der Waals surface area contributed by atoms with Crippen LogP contribution in [0, 0.1) is 10.8 Å². The number of allylic oxidation sites excluding steroid dienone is 3. The zero-order valence-corrected chi connectivity index (χ0v) is 19.2. The Hall–Kier alpha value is -3.43. The van der Waals surface area contributed by atoms with Gasteiger partial charge in [0, 0.05) is 17.7 Å². The van der Waals surface area contributed by atoms with E-state index in [9.17, 15) is 0 Å². The smallest absolute Gasteiger partial charge is 0.0253 e. The molecule has 2 N–H and O–H groups in total. The first-order valence-electron chi connectivity index (χ1n) is 10.7. The van der Waals surface area contributed by atoms with Gasteiger partial charge < -0.3 is 10.8 Å². The third kappa shape index (κ3) is 3.92. The molecule has 0 spiro atoms. The lowest BCUT2D eigenvalue weighted by molar-refractivity contribution is 1.27. The second kappa shape index (κ2) is 9.37. The number of hydrogen-bond donors (Lipinski definition) is 3. The van der Waals surface area contributed by atoms with Crippen LogP contribution in [0.15, 0.2) is 84.9 Å². The predicted octanol–water partition coefficient (Wildman–Crippen LogP) is 8.06. The van der Waals surface area contributed by atoms with E-state index in [1.54, 1.807) is 0 Å². The summed E-state index contributed by atoms with van der Waals surface area (Å²) in [5.74, 6) is 0. The molecule has 3 heteroatoms. The van der Waals surface area contributed by atoms with E-state index in [1.807, 2.05) is 56.3 Å². The molecule has 4 aromatic rings. The summed E-state index contributed by atoms with van der Waals surface area (Å²) < 4.78 is 0. The van der Waals surface area contributed by atoms with Gasteiger partial charge in [-0.1, -0.05) is 78.9 Å². The number of rotatable bonds is 6. The Kier molecular flexibility index (Phi) is 6.38. The first-order valence-corrected chi connectivity index (χ1v) is 11.2. The summed E-state index contributed by atoms with van der Waals surface area (Å²) in [6.45, 7) is 3.98. The second-order valence-electron chi connectivity index (χ2n) is 7.82. The van der Waals surface area contributed by atoms with Crippen molar-refractivity contribution in [3.63, 3.8) is 0 Å². The standard InChI is InChI=1S/C29H26N2S/c1-3-20(17-30)28-24-11-7-8-12-25(24)29(23(18-31)15-19(2)32)26-14-13-22(16-27(26)28)21-9-5-4-6-10-21/h3-19,30-32H,1-2H3/b20-3+,23-15+,30-17?,31-18?. The molecule has 0 saturated heterocycles. The van der Waals surface area contributed by atoms with Crippen molar-refractivity contribution < 1.29 is 0 Å². The lowest BCUT2D eigenvalue weighted by atomic mass is 9.84. The van der Waals surface area contributed by atoms with Gasteiger partial charge in [-0.3, -0.25) is 0 Å². The number of fused-ring (bicyclic) bond motifs is 2. The number of benzene rings is 4. The van der Waals surface area contributed by atoms with Crippen molar-refractivity contribution in [1.82, 2.24) is 0 Å². The highest BCUT2D eigenvalue weighted by atomic mass is 32.1. The highest BCUT2D eigenvalue weighted by Gasteiger charge is 2.18. The van der Waals surface area contributed by atoms with Crippen molar-refractivity contribution >= 4 is 57.7 Å². The Balaban J connectivity index is 2.23. The lowest BCUT2D eigenvalue weighted by Gasteiger charge is -2.19. The Labute approximate surface area is 194 Å². The minimum atomic E-state index is 0.0244. The van der Waals surface area contributed by atoms with E-state index in [2.05, 4.69) is 55.1 Å². The van der Waals surface area contributed by atoms with Gasteiger partial charge in [0.2, 0.25) is 0 Å². The molecule has 0 aromatic heterocycles. The van der Waals surface area contributed by atoms with Crippen LogP contribution >= 0.6 is 12.6 Å². The first kappa shape index (κ1) is 21.8. The molecule has 4 aromatic carbocycles. The van der Waals surface area contributed by atoms with Crippen LogP contribution in [0.5, 0.6) is 0 Å². The number of thiol groups is 1. The quantitative estimate of drug-likeness (QED) is 0.156. The fourth-order valence-electron chi connectivity index (χ4n) is 4.37. The Morgan fingerprint density at radius 2 is 1.28 bits per heavy atom. The van der Waals surface area contributed by atoms with Gasteiger partial charge in [-0.05, 0) is 74.9 Å². The molecule has 4 rings (SSSR count). The second-order valence-corrected chi connectivity index (χ2v) is 8.63. The molecule has 0 heterocycles. The van der Waals surface area contributed by atoms with Crippen LogP contribution in [0.2, 0.25) is 0 Å². The number of hydrogen-bond acceptors (Lipinski definition) is 3. The Morgan fingerprint density at radius 1 is 0.719 bits per heavy atom. The highest BCUT2D eigenvalue weighted by Crippen LogP contribution is 2.40. The van der Waals surface area contributed by atoms with Gasteiger partial charge >= 0.3 is 0 Å². The van der Waals surface area contributed by atoms with Crippen molar-refractivity contribution in [2.45, 2.75) is 19.1 Å². The SMILES string of the molecule is C/C=C(\C=N)c1c2ccccc2c(/C(C=N)=C/C(C)S)c2ccc(-c3ccccc3)cc12. The molecule has 2 nitrogen and oxygen atoms in total. The molecule has 0 radical (unpaired) electrons. The summed E-state index contributed by atoms with van der Waals surface area (Å²) in [5.41, 5.74) is 6.10. The summed E-state index contributed by atoms with van der Waals surface area (Å²) in [6.07, 6.45) is 6.87. The van der Waals surface area contributed by atoms with E-state index >= 15 is 0 Å². The fourth-order valence-corrected chi connectivity index (χ4v) is 4.53. The molecule has 0 bridgehead atoms. The zero-order chi connectivity index (χ0) is 22.7. The van der Waals surface area contributed by atoms with E-state index in [0.717, 1.165) is 54.9 Å². The lowest BCUT2D eigenvalue weighted by Crippen LogP contribution is -1.99. The average molecular weight is 435 g/mol. The zero-order valence-electron chi connectivity index (χ0n) is 18.3. The maximum absolute atomic E-state index is 8.15. The molecule has 0 saturated carbocycles. The average Bonchev–Trinajstić information content (AvgIpc) is 2.83. The summed E-state index contributed by atoms with van der Waals surface area (Å²) in [5, 5.41) is 20.6. The van der Waals surface area contributed by atoms with Crippen LogP contribution in [-0.2, 0) is 0 Å². The van der Waals surface area contributed by atoms with Crippen molar-refractivity contribution in [2.75, 3.05) is 0 Å². The monoisotopic (exact) mass is 434 g/mol. The highest BCUT2D eigenvalue weighted by molar-refractivity contribution is 7.81. The Morgan fingerprint density at radius 3 is 1.84 bits per heavy atom. The molecule has 0 fully saturated rings. The molecule has 1 atom stereocenters. The maximum atomic E-state index is 8.15. The molecule has 158 valence electrons. The summed E-state index contributed by atoms with van der Waals surface area (Å²) in [7, 11) is 0. The predicted molar refractivity (Wildman–Crippen MR) is 145 cm³/mol. The summed E-state index contributed by atoms with van der Waals surface area (Å²) in [4.78, 5) is 0. The molecule has 1 unspecified atom stereocenters. The number of nitrogens with one attached hydrogen (secondary N) is 2. The van der Waals surface area contributed by atoms with Gasteiger partial charge in [0.15, 0.2) is 0 Å². The van der Waals surface area contributed by atoms with Crippen LogP contribution in [0.3, 0.4) is 0 Å². The minimum Gasteiger partial charge on any atom is -0.308 e. The molecule has 0 amide bonds. The van der Waals surface area contributed by atoms with E-state index in [-0.39, 0.29) is 5.25 Å². The van der Waals surface area contributed by atoms with Gasteiger partial charge in [-0.15, -0.1) is 0 Å². The summed E-state index contributed by atoms with van der Waals surface area (Å²) in [6, 6.07) is 25.1. The van der Waals surface area contributed by atoms with E-state index < -0.39 is 0 Å². The summed E-state index contributed by atoms with van der Waals surface area (Å²) >= 11 is 4.56. The van der Waals surface area contributed by atoms with Crippen molar-refractivity contribution in [2.24, 2.45) is 0 Å². The fraction of sp³-hybridized carbons (Fsp3) is 0.103. The maximum Gasteiger partial charge on any atom is 0.0253 e. The van der Waals surface area contributed by atoms with Crippen LogP contribution in [0.25, 0.3) is 43.8 Å². The minimum absolute atomic E-state index is 0.0244. The largest absolute Gasteiger partial charge is 0.308 e. The normalized spacial score (nSPS) is 13.3. The third-order valence-corrected chi connectivity index (χ3v) is 5.90. The van der Waals surface area contributed by atoms with Crippen LogP contribution < -0.4 is 0 Å². The van der Waals surface area contributed by atoms with Crippen LogP contribution in [0.1, 0.15) is 25.0 Å². The van der Waals surface area contributed by atoms with E-state index in [0.29, 0.717) is 0 Å². The van der Waals surface area contributed by atoms with Gasteiger partial charge in [-0.25, -0.2) is 0 Å². The molecular weight excluding hydrogens is 408 g/mol. The van der Waals surface area contributed by atoms with Gasteiger partial charge in [0.25, 0.3) is 0 Å². The molecule has 0 aliphatic carbocycles. The van der Waals surface area contributed by atoms with Gasteiger partial charge in [-0.2, -0.15) is 12.6 Å². The van der Waals surface area contributed by atoms with Crippen molar-refractivity contribution in [1.29, 1.82) is 10.8 Å². The molecule has 0 aliphatic rings. The molecule has 32 heavy (non-hydrogen) atoms. The molecule has 0 aliphatic heterocycles. The van der Waals surface area contributed by atoms with Crippen molar-refractivity contribution in [3.8, 4) is 11.1 Å².